The first-order valence-electron chi connectivity index (χ1n) is 17.4. The number of carbonyl (C=O) groups is 4. The highest BCUT2D eigenvalue weighted by atomic mass is 16.5. The Bertz CT molecular complexity index is 2000. The lowest BCUT2D eigenvalue weighted by atomic mass is 10.0. The normalized spacial score (nSPS) is 19.1. The standard InChI is InChI=1S/C38H42N8O6/c1-22(2)33(43-37(49)51-3)36(48)45-17-5-6-30(45)34-39-18-28(41-34)25-11-7-23(8-12-25)24-9-13-26(14-10-24)29-19-40-35(42-29)31-16-15-27-20-44(38(50)52-4)21-32(47)46(27)31/h7-15,18-19,22,30-31,33H,5-6,16-17,20-21H2,1-4H3,(H,39,41)(H,40,42)(H,43,49). The van der Waals surface area contributed by atoms with Crippen molar-refractivity contribution in [3.8, 4) is 33.6 Å². The number of amides is 4. The number of hydrogen-bond donors (Lipinski definition) is 3. The van der Waals surface area contributed by atoms with Gasteiger partial charge in [-0.1, -0.05) is 68.5 Å². The van der Waals surface area contributed by atoms with Crippen molar-refractivity contribution < 1.29 is 28.7 Å². The van der Waals surface area contributed by atoms with Crippen LogP contribution < -0.4 is 5.32 Å². The average Bonchev–Trinajstić information content (AvgIpc) is 3.99. The highest BCUT2D eigenvalue weighted by molar-refractivity contribution is 5.87. The molecule has 0 aliphatic carbocycles. The third-order valence-electron chi connectivity index (χ3n) is 10.1. The van der Waals surface area contributed by atoms with E-state index in [2.05, 4.69) is 49.5 Å². The summed E-state index contributed by atoms with van der Waals surface area (Å²) in [6.07, 6.45) is 6.67. The molecular weight excluding hydrogens is 664 g/mol. The number of aromatic amines is 2. The number of aromatic nitrogens is 4. The summed E-state index contributed by atoms with van der Waals surface area (Å²) < 4.78 is 9.55. The fraction of sp³-hybridized carbons (Fsp3) is 0.368. The molecule has 2 saturated heterocycles. The monoisotopic (exact) mass is 706 g/mol. The molecule has 5 heterocycles. The summed E-state index contributed by atoms with van der Waals surface area (Å²) in [6.45, 7) is 4.69. The van der Waals surface area contributed by atoms with Crippen molar-refractivity contribution in [2.24, 2.45) is 5.92 Å². The number of imidazole rings is 2. The number of hydrogen-bond acceptors (Lipinski definition) is 8. The lowest BCUT2D eigenvalue weighted by molar-refractivity contribution is -0.135. The smallest absolute Gasteiger partial charge is 0.410 e. The maximum atomic E-state index is 13.5. The van der Waals surface area contributed by atoms with E-state index in [1.165, 1.54) is 19.1 Å². The van der Waals surface area contributed by atoms with E-state index in [9.17, 15) is 19.2 Å². The zero-order chi connectivity index (χ0) is 36.5. The molecule has 2 aromatic heterocycles. The first-order valence-corrected chi connectivity index (χ1v) is 17.4. The lowest BCUT2D eigenvalue weighted by Crippen LogP contribution is -2.51. The Hall–Kier alpha value is -5.92. The Kier molecular flexibility index (Phi) is 9.54. The molecule has 4 aromatic rings. The number of likely N-dealkylation sites (tertiary alicyclic amines) is 1. The molecule has 0 saturated carbocycles. The maximum Gasteiger partial charge on any atom is 0.410 e. The summed E-state index contributed by atoms with van der Waals surface area (Å²) in [4.78, 5) is 71.4. The van der Waals surface area contributed by atoms with Gasteiger partial charge in [0, 0.05) is 12.2 Å². The van der Waals surface area contributed by atoms with Crippen LogP contribution in [0.1, 0.15) is 56.8 Å². The second kappa shape index (κ2) is 14.4. The van der Waals surface area contributed by atoms with Gasteiger partial charge in [-0.05, 0) is 47.4 Å². The summed E-state index contributed by atoms with van der Waals surface area (Å²) in [5.74, 6) is 1.02. The molecule has 3 aliphatic heterocycles. The van der Waals surface area contributed by atoms with Crippen LogP contribution in [0.5, 0.6) is 0 Å². The SMILES string of the molecule is COC(=O)NC(C(=O)N1CCCC1c1ncc(-c2ccc(-c3ccc(-c4cnc(C5CC=C6CN(C(=O)OC)CC(=O)N65)[nH]4)cc3)cc2)[nH]1)C(C)C. The van der Waals surface area contributed by atoms with Crippen LogP contribution in [0.2, 0.25) is 0 Å². The van der Waals surface area contributed by atoms with Gasteiger partial charge in [0.25, 0.3) is 0 Å². The van der Waals surface area contributed by atoms with E-state index < -0.39 is 18.2 Å². The molecule has 14 heteroatoms. The fourth-order valence-electron chi connectivity index (χ4n) is 7.29. The largest absolute Gasteiger partial charge is 0.453 e. The van der Waals surface area contributed by atoms with E-state index in [1.54, 1.807) is 22.2 Å². The lowest BCUT2D eigenvalue weighted by Gasteiger charge is -2.35. The Morgan fingerprint density at radius 3 is 1.96 bits per heavy atom. The van der Waals surface area contributed by atoms with Gasteiger partial charge >= 0.3 is 12.2 Å². The first-order chi connectivity index (χ1) is 25.1. The maximum absolute atomic E-state index is 13.5. The quantitative estimate of drug-likeness (QED) is 0.219. The number of fused-ring (bicyclic) bond motifs is 1. The van der Waals surface area contributed by atoms with E-state index in [0.29, 0.717) is 25.3 Å². The second-order valence-electron chi connectivity index (χ2n) is 13.6. The Morgan fingerprint density at radius 2 is 1.40 bits per heavy atom. The number of benzene rings is 2. The van der Waals surface area contributed by atoms with Crippen molar-refractivity contribution in [2.45, 2.75) is 51.2 Å². The van der Waals surface area contributed by atoms with Crippen LogP contribution >= 0.6 is 0 Å². The fourth-order valence-corrected chi connectivity index (χ4v) is 7.29. The van der Waals surface area contributed by atoms with E-state index in [-0.39, 0.29) is 36.4 Å². The summed E-state index contributed by atoms with van der Waals surface area (Å²) in [7, 11) is 2.60. The molecule has 0 bridgehead atoms. The minimum Gasteiger partial charge on any atom is -0.453 e. The molecule has 0 spiro atoms. The van der Waals surface area contributed by atoms with Gasteiger partial charge in [-0.2, -0.15) is 0 Å². The van der Waals surface area contributed by atoms with Crippen LogP contribution in [0.3, 0.4) is 0 Å². The predicted molar refractivity (Wildman–Crippen MR) is 191 cm³/mol. The van der Waals surface area contributed by atoms with Gasteiger partial charge < -0.3 is 34.6 Å². The summed E-state index contributed by atoms with van der Waals surface area (Å²) in [5.41, 5.74) is 6.55. The Morgan fingerprint density at radius 1 is 0.827 bits per heavy atom. The molecular formula is C38H42N8O6. The van der Waals surface area contributed by atoms with Crippen LogP contribution in [0.4, 0.5) is 9.59 Å². The van der Waals surface area contributed by atoms with Crippen LogP contribution in [0.25, 0.3) is 33.6 Å². The van der Waals surface area contributed by atoms with E-state index >= 15 is 0 Å². The molecule has 14 nitrogen and oxygen atoms in total. The molecule has 52 heavy (non-hydrogen) atoms. The highest BCUT2D eigenvalue weighted by Crippen LogP contribution is 2.37. The highest BCUT2D eigenvalue weighted by Gasteiger charge is 2.40. The molecule has 7 rings (SSSR count). The first kappa shape index (κ1) is 34.5. The molecule has 3 atom stereocenters. The van der Waals surface area contributed by atoms with Crippen LogP contribution in [0.15, 0.2) is 72.7 Å². The number of nitrogens with zero attached hydrogens (tertiary/aromatic N) is 5. The molecule has 2 fully saturated rings. The number of ether oxygens (including phenoxy) is 2. The van der Waals surface area contributed by atoms with Crippen molar-refractivity contribution in [2.75, 3.05) is 33.9 Å². The summed E-state index contributed by atoms with van der Waals surface area (Å²) in [6, 6.07) is 15.3. The Labute approximate surface area is 301 Å². The number of piperazine rings is 1. The number of nitrogens with one attached hydrogen (secondary N) is 3. The van der Waals surface area contributed by atoms with Gasteiger partial charge in [0.2, 0.25) is 11.8 Å². The van der Waals surface area contributed by atoms with E-state index in [0.717, 1.165) is 58.0 Å². The average molecular weight is 707 g/mol. The van der Waals surface area contributed by atoms with Crippen molar-refractivity contribution in [3.63, 3.8) is 0 Å². The third kappa shape index (κ3) is 6.63. The molecule has 4 amide bonds. The predicted octanol–water partition coefficient (Wildman–Crippen LogP) is 5.42. The number of methoxy groups -OCH3 is 2. The van der Waals surface area contributed by atoms with Crippen molar-refractivity contribution >= 4 is 24.0 Å². The zero-order valence-corrected chi connectivity index (χ0v) is 29.6. The number of rotatable bonds is 8. The second-order valence-corrected chi connectivity index (χ2v) is 13.6. The van der Waals surface area contributed by atoms with Gasteiger partial charge in [0.05, 0.1) is 56.6 Å². The van der Waals surface area contributed by atoms with Crippen LogP contribution in [-0.2, 0) is 19.1 Å². The minimum absolute atomic E-state index is 0.0291. The minimum atomic E-state index is -0.686. The van der Waals surface area contributed by atoms with E-state index in [4.69, 9.17) is 9.47 Å². The molecule has 3 N–H and O–H groups in total. The Balaban J connectivity index is 0.997. The molecule has 2 aromatic carbocycles. The third-order valence-corrected chi connectivity index (χ3v) is 10.1. The number of carbonyl (C=O) groups excluding carboxylic acids is 4. The van der Waals surface area contributed by atoms with Crippen LogP contribution in [-0.4, -0.2) is 98.5 Å². The zero-order valence-electron chi connectivity index (χ0n) is 29.6. The van der Waals surface area contributed by atoms with Crippen molar-refractivity contribution in [3.05, 3.63) is 84.3 Å². The summed E-state index contributed by atoms with van der Waals surface area (Å²) >= 11 is 0. The molecule has 270 valence electrons. The molecule has 3 aliphatic rings. The molecule has 3 unspecified atom stereocenters. The topological polar surface area (TPSA) is 166 Å². The van der Waals surface area contributed by atoms with Gasteiger partial charge in [0.1, 0.15) is 24.2 Å². The van der Waals surface area contributed by atoms with Gasteiger partial charge in [0.15, 0.2) is 0 Å². The molecule has 0 radical (unpaired) electrons. The van der Waals surface area contributed by atoms with E-state index in [1.807, 2.05) is 44.2 Å². The van der Waals surface area contributed by atoms with Crippen molar-refractivity contribution in [1.82, 2.24) is 40.0 Å². The van der Waals surface area contributed by atoms with Gasteiger partial charge in [-0.3, -0.25) is 14.5 Å². The van der Waals surface area contributed by atoms with Gasteiger partial charge in [-0.15, -0.1) is 0 Å². The number of alkyl carbamates (subject to hydrolysis) is 1. The number of H-pyrrole nitrogens is 2. The summed E-state index contributed by atoms with van der Waals surface area (Å²) in [5, 5.41) is 2.69. The van der Waals surface area contributed by atoms with Crippen LogP contribution in [0, 0.1) is 5.92 Å². The van der Waals surface area contributed by atoms with Gasteiger partial charge in [-0.25, -0.2) is 19.6 Å². The van der Waals surface area contributed by atoms with Crippen molar-refractivity contribution in [1.29, 1.82) is 0 Å².